The van der Waals surface area contributed by atoms with Crippen LogP contribution in [-0.2, 0) is 9.59 Å². The van der Waals surface area contributed by atoms with Gasteiger partial charge < -0.3 is 19.7 Å². The highest BCUT2D eigenvalue weighted by atomic mass is 16.6. The van der Waals surface area contributed by atoms with Crippen molar-refractivity contribution < 1.29 is 19.1 Å². The minimum absolute atomic E-state index is 0.212. The van der Waals surface area contributed by atoms with Gasteiger partial charge in [0.2, 0.25) is 0 Å². The number of likely N-dealkylation sites (N-methyl/N-ethyl adjacent to an activating group) is 1. The first-order valence-corrected chi connectivity index (χ1v) is 8.02. The smallest absolute Gasteiger partial charge is 0.323 e. The Morgan fingerprint density at radius 2 is 1.83 bits per heavy atom. The summed E-state index contributed by atoms with van der Waals surface area (Å²) in [4.78, 5) is 26.0. The molecule has 130 valence electrons. The average molecular weight is 334 g/mol. The molecule has 0 spiro atoms. The highest BCUT2D eigenvalue weighted by Crippen LogP contribution is 2.30. The SMILES string of the molecule is CN1CCN(NC(=O)C(=O)NCC2COc3ccccc3O2)CC1. The molecule has 1 fully saturated rings. The molecule has 2 aliphatic rings. The molecule has 8 nitrogen and oxygen atoms in total. The topological polar surface area (TPSA) is 83.1 Å². The molecule has 2 N–H and O–H groups in total. The zero-order valence-electron chi connectivity index (χ0n) is 13.7. The second kappa shape index (κ2) is 7.50. The van der Waals surface area contributed by atoms with Crippen LogP contribution in [0.25, 0.3) is 0 Å². The standard InChI is InChI=1S/C16H22N4O4/c1-19-6-8-20(9-7-19)18-16(22)15(21)17-10-12-11-23-13-4-2-3-5-14(13)24-12/h2-5,12H,6-11H2,1H3,(H,17,21)(H,18,22). The second-order valence-corrected chi connectivity index (χ2v) is 5.94. The lowest BCUT2D eigenvalue weighted by Crippen LogP contribution is -2.56. The fourth-order valence-corrected chi connectivity index (χ4v) is 2.56. The largest absolute Gasteiger partial charge is 0.486 e. The number of fused-ring (bicyclic) bond motifs is 1. The van der Waals surface area contributed by atoms with Crippen molar-refractivity contribution in [3.05, 3.63) is 24.3 Å². The summed E-state index contributed by atoms with van der Waals surface area (Å²) in [5.74, 6) is 0.00541. The van der Waals surface area contributed by atoms with Gasteiger partial charge in [-0.15, -0.1) is 0 Å². The van der Waals surface area contributed by atoms with Gasteiger partial charge in [0, 0.05) is 26.2 Å². The van der Waals surface area contributed by atoms with E-state index in [-0.39, 0.29) is 12.6 Å². The van der Waals surface area contributed by atoms with Crippen molar-refractivity contribution in [3.63, 3.8) is 0 Å². The molecule has 24 heavy (non-hydrogen) atoms. The lowest BCUT2D eigenvalue weighted by atomic mass is 10.2. The first-order valence-electron chi connectivity index (χ1n) is 8.02. The number of benzene rings is 1. The number of amides is 2. The number of piperazine rings is 1. The van der Waals surface area contributed by atoms with Gasteiger partial charge in [0.15, 0.2) is 11.5 Å². The molecule has 8 heteroatoms. The van der Waals surface area contributed by atoms with Crippen molar-refractivity contribution in [1.29, 1.82) is 0 Å². The van der Waals surface area contributed by atoms with Gasteiger partial charge in [-0.2, -0.15) is 0 Å². The Morgan fingerprint density at radius 1 is 1.12 bits per heavy atom. The average Bonchev–Trinajstić information content (AvgIpc) is 2.61. The molecule has 1 unspecified atom stereocenters. The molecule has 3 rings (SSSR count). The number of rotatable bonds is 3. The molecular formula is C16H22N4O4. The van der Waals surface area contributed by atoms with Gasteiger partial charge in [0.05, 0.1) is 6.54 Å². The Kier molecular flexibility index (Phi) is 5.17. The van der Waals surface area contributed by atoms with Crippen molar-refractivity contribution in [2.24, 2.45) is 0 Å². The molecule has 1 aromatic carbocycles. The van der Waals surface area contributed by atoms with E-state index in [0.29, 0.717) is 31.2 Å². The summed E-state index contributed by atoms with van der Waals surface area (Å²) in [6, 6.07) is 7.36. The van der Waals surface area contributed by atoms with Crippen LogP contribution in [0.15, 0.2) is 24.3 Å². The van der Waals surface area contributed by atoms with E-state index in [1.165, 1.54) is 0 Å². The van der Waals surface area contributed by atoms with Crippen LogP contribution in [0, 0.1) is 0 Å². The van der Waals surface area contributed by atoms with Crippen LogP contribution in [0.3, 0.4) is 0 Å². The first kappa shape index (κ1) is 16.5. The zero-order chi connectivity index (χ0) is 16.9. The Bertz CT molecular complexity index is 601. The summed E-state index contributed by atoms with van der Waals surface area (Å²) >= 11 is 0. The zero-order valence-corrected chi connectivity index (χ0v) is 13.7. The van der Waals surface area contributed by atoms with E-state index in [9.17, 15) is 9.59 Å². The van der Waals surface area contributed by atoms with Gasteiger partial charge in [-0.3, -0.25) is 15.0 Å². The molecule has 0 saturated carbocycles. The van der Waals surface area contributed by atoms with Gasteiger partial charge in [0.1, 0.15) is 12.7 Å². The molecule has 1 aromatic rings. The maximum atomic E-state index is 11.9. The minimum Gasteiger partial charge on any atom is -0.486 e. The van der Waals surface area contributed by atoms with Crippen LogP contribution in [0.5, 0.6) is 11.5 Å². The van der Waals surface area contributed by atoms with E-state index >= 15 is 0 Å². The number of nitrogens with one attached hydrogen (secondary N) is 2. The van der Waals surface area contributed by atoms with Crippen molar-refractivity contribution >= 4 is 11.8 Å². The van der Waals surface area contributed by atoms with Crippen LogP contribution in [0.2, 0.25) is 0 Å². The first-order chi connectivity index (χ1) is 11.6. The lowest BCUT2D eigenvalue weighted by Gasteiger charge is -2.32. The molecule has 1 saturated heterocycles. The molecular weight excluding hydrogens is 312 g/mol. The Hall–Kier alpha value is -2.32. The van der Waals surface area contributed by atoms with Gasteiger partial charge in [-0.25, -0.2) is 5.01 Å². The molecule has 2 heterocycles. The van der Waals surface area contributed by atoms with Crippen LogP contribution in [-0.4, -0.2) is 74.2 Å². The van der Waals surface area contributed by atoms with Crippen LogP contribution < -0.4 is 20.2 Å². The summed E-state index contributed by atoms with van der Waals surface area (Å²) in [7, 11) is 2.02. The molecule has 1 atom stereocenters. The van der Waals surface area contributed by atoms with Crippen LogP contribution in [0.1, 0.15) is 0 Å². The van der Waals surface area contributed by atoms with Gasteiger partial charge in [-0.05, 0) is 19.2 Å². The number of carbonyl (C=O) groups excluding carboxylic acids is 2. The third-order valence-corrected chi connectivity index (χ3v) is 4.03. The number of nitrogens with zero attached hydrogens (tertiary/aromatic N) is 2. The van der Waals surface area contributed by atoms with E-state index in [4.69, 9.17) is 9.47 Å². The number of carbonyl (C=O) groups is 2. The van der Waals surface area contributed by atoms with Gasteiger partial charge >= 0.3 is 11.8 Å². The number of para-hydroxylation sites is 2. The third kappa shape index (κ3) is 4.15. The molecule has 2 aliphatic heterocycles. The highest BCUT2D eigenvalue weighted by Gasteiger charge is 2.24. The molecule has 0 bridgehead atoms. The Labute approximate surface area is 140 Å². The molecule has 2 amide bonds. The minimum atomic E-state index is -0.670. The third-order valence-electron chi connectivity index (χ3n) is 4.03. The monoisotopic (exact) mass is 334 g/mol. The summed E-state index contributed by atoms with van der Waals surface area (Å²) < 4.78 is 11.3. The van der Waals surface area contributed by atoms with Crippen molar-refractivity contribution in [2.75, 3.05) is 46.4 Å². The Balaban J connectivity index is 1.42. The van der Waals surface area contributed by atoms with E-state index < -0.39 is 11.8 Å². The van der Waals surface area contributed by atoms with Crippen LogP contribution >= 0.6 is 0 Å². The molecule has 0 radical (unpaired) electrons. The van der Waals surface area contributed by atoms with Crippen LogP contribution in [0.4, 0.5) is 0 Å². The van der Waals surface area contributed by atoms with Crippen molar-refractivity contribution in [1.82, 2.24) is 20.7 Å². The summed E-state index contributed by atoms with van der Waals surface area (Å²) in [5.41, 5.74) is 2.63. The predicted molar refractivity (Wildman–Crippen MR) is 86.6 cm³/mol. The Morgan fingerprint density at radius 3 is 2.58 bits per heavy atom. The molecule has 0 aromatic heterocycles. The summed E-state index contributed by atoms with van der Waals surface area (Å²) in [6.07, 6.45) is -0.319. The van der Waals surface area contributed by atoms with Gasteiger partial charge in [-0.1, -0.05) is 12.1 Å². The number of hydrogen-bond donors (Lipinski definition) is 2. The van der Waals surface area contributed by atoms with E-state index in [1.807, 2.05) is 31.3 Å². The fourth-order valence-electron chi connectivity index (χ4n) is 2.56. The van der Waals surface area contributed by atoms with Gasteiger partial charge in [0.25, 0.3) is 0 Å². The maximum Gasteiger partial charge on any atom is 0.323 e. The van der Waals surface area contributed by atoms with Crippen molar-refractivity contribution in [3.8, 4) is 11.5 Å². The highest BCUT2D eigenvalue weighted by molar-refractivity contribution is 6.34. The maximum absolute atomic E-state index is 11.9. The number of hydrazine groups is 1. The van der Waals surface area contributed by atoms with E-state index in [1.54, 1.807) is 5.01 Å². The van der Waals surface area contributed by atoms with E-state index in [2.05, 4.69) is 15.6 Å². The fraction of sp³-hybridized carbons (Fsp3) is 0.500. The quantitative estimate of drug-likeness (QED) is 0.706. The van der Waals surface area contributed by atoms with E-state index in [0.717, 1.165) is 13.1 Å². The second-order valence-electron chi connectivity index (χ2n) is 5.94. The number of hydrogen-bond acceptors (Lipinski definition) is 6. The normalized spacial score (nSPS) is 21.1. The molecule has 0 aliphatic carbocycles. The summed E-state index contributed by atoms with van der Waals surface area (Å²) in [5, 5.41) is 4.35. The predicted octanol–water partition coefficient (Wildman–Crippen LogP) is -0.779. The van der Waals surface area contributed by atoms with Crippen molar-refractivity contribution in [2.45, 2.75) is 6.10 Å². The lowest BCUT2D eigenvalue weighted by molar-refractivity contribution is -0.142. The summed E-state index contributed by atoms with van der Waals surface area (Å²) in [6.45, 7) is 3.65. The number of ether oxygens (including phenoxy) is 2.